The largest absolute Gasteiger partial charge is 0.311 e. The Kier molecular flexibility index (Phi) is 3.12. The summed E-state index contributed by atoms with van der Waals surface area (Å²) in [5.41, 5.74) is 2.00. The first-order valence-corrected chi connectivity index (χ1v) is 6.20. The molecule has 0 saturated heterocycles. The van der Waals surface area contributed by atoms with Crippen molar-refractivity contribution in [3.8, 4) is 23.9 Å². The normalized spacial score (nSPS) is 10.5. The Morgan fingerprint density at radius 3 is 3.00 bits per heavy atom. The highest BCUT2D eigenvalue weighted by atomic mass is 16.6. The van der Waals surface area contributed by atoms with Gasteiger partial charge in [-0.05, 0) is 22.4 Å². The molecule has 1 aromatic carbocycles. The molecule has 1 N–H and O–H groups in total. The summed E-state index contributed by atoms with van der Waals surface area (Å²) in [6.07, 6.45) is 5.42. The summed E-state index contributed by atoms with van der Waals surface area (Å²) in [5, 5.41) is 10.1. The molecule has 2 aromatic heterocycles. The predicted molar refractivity (Wildman–Crippen MR) is 76.2 cm³/mol. The van der Waals surface area contributed by atoms with E-state index in [1.54, 1.807) is 0 Å². The van der Waals surface area contributed by atoms with Crippen LogP contribution < -0.4 is 5.32 Å². The number of para-hydroxylation sites is 2. The second-order valence-corrected chi connectivity index (χ2v) is 4.36. The molecule has 0 spiro atoms. The molecule has 0 radical (unpaired) electrons. The van der Waals surface area contributed by atoms with Crippen molar-refractivity contribution < 1.29 is 9.42 Å². The number of nitrogens with one attached hydrogen (secondary N) is 1. The highest BCUT2D eigenvalue weighted by Gasteiger charge is 2.20. The zero-order valence-corrected chi connectivity index (χ0v) is 11.2. The number of hydrogen-bond acceptors (Lipinski definition) is 5. The van der Waals surface area contributed by atoms with E-state index in [9.17, 15) is 4.79 Å². The predicted octanol–water partition coefficient (Wildman–Crippen LogP) is 1.68. The Hall–Kier alpha value is -3.14. The van der Waals surface area contributed by atoms with Crippen molar-refractivity contribution in [3.05, 3.63) is 24.3 Å². The Labute approximate surface area is 119 Å². The third-order valence-corrected chi connectivity index (χ3v) is 2.90. The van der Waals surface area contributed by atoms with Gasteiger partial charge in [-0.15, -0.1) is 6.42 Å². The summed E-state index contributed by atoms with van der Waals surface area (Å²) in [6.45, 7) is 1.70. The molecule has 1 amide bonds. The van der Waals surface area contributed by atoms with Crippen LogP contribution in [0.2, 0.25) is 0 Å². The van der Waals surface area contributed by atoms with Gasteiger partial charge in [-0.2, -0.15) is 0 Å². The van der Waals surface area contributed by atoms with Gasteiger partial charge < -0.3 is 9.88 Å². The van der Waals surface area contributed by atoms with Crippen LogP contribution in [0.15, 0.2) is 28.9 Å². The SMILES string of the molecule is C#CCn1c(-c2nonc2NC(C)=O)nc2ccccc21. The number of imidazole rings is 1. The lowest BCUT2D eigenvalue weighted by Gasteiger charge is -2.03. The summed E-state index contributed by atoms with van der Waals surface area (Å²) in [4.78, 5) is 15.7. The van der Waals surface area contributed by atoms with E-state index >= 15 is 0 Å². The highest BCUT2D eigenvalue weighted by Crippen LogP contribution is 2.27. The Bertz CT molecular complexity index is 856. The molecular weight excluding hydrogens is 270 g/mol. The Morgan fingerprint density at radius 1 is 1.43 bits per heavy atom. The van der Waals surface area contributed by atoms with E-state index in [1.165, 1.54) is 6.92 Å². The summed E-state index contributed by atoms with van der Waals surface area (Å²) in [7, 11) is 0. The lowest BCUT2D eigenvalue weighted by atomic mass is 10.3. The summed E-state index contributed by atoms with van der Waals surface area (Å²) in [5.74, 6) is 3.03. The van der Waals surface area contributed by atoms with E-state index in [4.69, 9.17) is 11.1 Å². The molecule has 21 heavy (non-hydrogen) atoms. The van der Waals surface area contributed by atoms with E-state index in [0.717, 1.165) is 11.0 Å². The monoisotopic (exact) mass is 281 g/mol. The second-order valence-electron chi connectivity index (χ2n) is 4.36. The molecule has 3 rings (SSSR count). The number of hydrogen-bond donors (Lipinski definition) is 1. The third-order valence-electron chi connectivity index (χ3n) is 2.90. The quantitative estimate of drug-likeness (QED) is 0.738. The molecule has 7 nitrogen and oxygen atoms in total. The number of anilines is 1. The maximum atomic E-state index is 11.2. The van der Waals surface area contributed by atoms with Gasteiger partial charge in [0.15, 0.2) is 11.5 Å². The zero-order valence-electron chi connectivity index (χ0n) is 11.2. The van der Waals surface area contributed by atoms with Crippen LogP contribution >= 0.6 is 0 Å². The molecule has 0 saturated carbocycles. The Balaban J connectivity index is 2.20. The van der Waals surface area contributed by atoms with Crippen molar-refractivity contribution in [3.63, 3.8) is 0 Å². The van der Waals surface area contributed by atoms with Crippen LogP contribution in [0.1, 0.15) is 6.92 Å². The van der Waals surface area contributed by atoms with Gasteiger partial charge >= 0.3 is 0 Å². The van der Waals surface area contributed by atoms with Gasteiger partial charge in [-0.25, -0.2) is 9.61 Å². The van der Waals surface area contributed by atoms with E-state index in [-0.39, 0.29) is 11.7 Å². The maximum absolute atomic E-state index is 11.2. The standard InChI is InChI=1S/C14H11N5O2/c1-3-8-19-11-7-5-4-6-10(11)16-14(19)12-13(15-9(2)20)18-21-17-12/h1,4-7H,8H2,2H3,(H,15,18,20). The minimum absolute atomic E-state index is 0.219. The molecule has 104 valence electrons. The van der Waals surface area contributed by atoms with Crippen molar-refractivity contribution in [2.45, 2.75) is 13.5 Å². The molecule has 3 aromatic rings. The van der Waals surface area contributed by atoms with Gasteiger partial charge in [0.25, 0.3) is 0 Å². The number of carbonyl (C=O) groups excluding carboxylic acids is 1. The molecule has 0 unspecified atom stereocenters. The average Bonchev–Trinajstić information content (AvgIpc) is 3.03. The molecule has 7 heteroatoms. The van der Waals surface area contributed by atoms with E-state index in [1.807, 2.05) is 28.8 Å². The first kappa shape index (κ1) is 12.9. The summed E-state index contributed by atoms with van der Waals surface area (Å²) >= 11 is 0. The van der Waals surface area contributed by atoms with Gasteiger partial charge in [0.1, 0.15) is 0 Å². The third kappa shape index (κ3) is 2.23. The molecule has 0 fully saturated rings. The molecule has 0 aliphatic rings. The van der Waals surface area contributed by atoms with Gasteiger partial charge in [0, 0.05) is 6.92 Å². The van der Waals surface area contributed by atoms with Crippen LogP contribution in [0.25, 0.3) is 22.6 Å². The topological polar surface area (TPSA) is 85.8 Å². The molecule has 0 aliphatic carbocycles. The van der Waals surface area contributed by atoms with Crippen molar-refractivity contribution in [1.82, 2.24) is 19.9 Å². The Morgan fingerprint density at radius 2 is 2.24 bits per heavy atom. The fraction of sp³-hybridized carbons (Fsp3) is 0.143. The maximum Gasteiger partial charge on any atom is 0.222 e. The highest BCUT2D eigenvalue weighted by molar-refractivity contribution is 5.91. The van der Waals surface area contributed by atoms with Gasteiger partial charge in [0.05, 0.1) is 17.6 Å². The van der Waals surface area contributed by atoms with Crippen LogP contribution in [0, 0.1) is 12.3 Å². The van der Waals surface area contributed by atoms with Gasteiger partial charge in [-0.3, -0.25) is 4.79 Å². The number of carbonyl (C=O) groups is 1. The second kappa shape index (κ2) is 5.09. The van der Waals surface area contributed by atoms with Crippen molar-refractivity contribution in [2.75, 3.05) is 5.32 Å². The number of amides is 1. The van der Waals surface area contributed by atoms with E-state index < -0.39 is 0 Å². The minimum Gasteiger partial charge on any atom is -0.311 e. The fourth-order valence-electron chi connectivity index (χ4n) is 2.09. The van der Waals surface area contributed by atoms with E-state index in [0.29, 0.717) is 18.1 Å². The van der Waals surface area contributed by atoms with Crippen molar-refractivity contribution in [1.29, 1.82) is 0 Å². The summed E-state index contributed by atoms with van der Waals surface area (Å²) < 4.78 is 6.53. The number of fused-ring (bicyclic) bond motifs is 1. The molecule has 0 bridgehead atoms. The number of benzene rings is 1. The number of rotatable bonds is 3. The van der Waals surface area contributed by atoms with Gasteiger partial charge in [-0.1, -0.05) is 18.1 Å². The smallest absolute Gasteiger partial charge is 0.222 e. The number of terminal acetylenes is 1. The summed E-state index contributed by atoms with van der Waals surface area (Å²) in [6, 6.07) is 7.57. The van der Waals surface area contributed by atoms with Crippen molar-refractivity contribution >= 4 is 22.8 Å². The first-order valence-electron chi connectivity index (χ1n) is 6.20. The zero-order chi connectivity index (χ0) is 14.8. The molecule has 0 aliphatic heterocycles. The lowest BCUT2D eigenvalue weighted by molar-refractivity contribution is -0.114. The molecule has 2 heterocycles. The van der Waals surface area contributed by atoms with Crippen LogP contribution in [-0.2, 0) is 11.3 Å². The molecular formula is C14H11N5O2. The number of nitrogens with zero attached hydrogens (tertiary/aromatic N) is 4. The van der Waals surface area contributed by atoms with Crippen LogP contribution in [-0.4, -0.2) is 25.8 Å². The van der Waals surface area contributed by atoms with Crippen molar-refractivity contribution in [2.24, 2.45) is 0 Å². The average molecular weight is 281 g/mol. The minimum atomic E-state index is -0.272. The van der Waals surface area contributed by atoms with Crippen LogP contribution in [0.3, 0.4) is 0 Å². The number of aromatic nitrogens is 4. The van der Waals surface area contributed by atoms with Crippen LogP contribution in [0.5, 0.6) is 0 Å². The van der Waals surface area contributed by atoms with Gasteiger partial charge in [0.2, 0.25) is 11.7 Å². The van der Waals surface area contributed by atoms with E-state index in [2.05, 4.69) is 26.5 Å². The van der Waals surface area contributed by atoms with Crippen LogP contribution in [0.4, 0.5) is 5.82 Å². The molecule has 0 atom stereocenters. The first-order chi connectivity index (χ1) is 10.2. The lowest BCUT2D eigenvalue weighted by Crippen LogP contribution is -2.08. The fourth-order valence-corrected chi connectivity index (χ4v) is 2.09.